The molecule has 0 aliphatic carbocycles. The summed E-state index contributed by atoms with van der Waals surface area (Å²) in [4.78, 5) is 27.9. The summed E-state index contributed by atoms with van der Waals surface area (Å²) in [6.45, 7) is 11.6. The van der Waals surface area contributed by atoms with E-state index >= 15 is 0 Å². The molecule has 0 saturated carbocycles. The summed E-state index contributed by atoms with van der Waals surface area (Å²) in [6.07, 6.45) is 2.51. The molecule has 3 rings (SSSR count). The van der Waals surface area contributed by atoms with E-state index in [-0.39, 0.29) is 17.3 Å². The van der Waals surface area contributed by atoms with Crippen LogP contribution >= 0.6 is 0 Å². The lowest BCUT2D eigenvalue weighted by Crippen LogP contribution is -2.30. The number of hydrogen-bond donors (Lipinski definition) is 1. The fourth-order valence-electron chi connectivity index (χ4n) is 4.37. The fraction of sp³-hybridized carbons (Fsp3) is 0.448. The van der Waals surface area contributed by atoms with Gasteiger partial charge in [-0.2, -0.15) is 0 Å². The van der Waals surface area contributed by atoms with Gasteiger partial charge < -0.3 is 19.5 Å². The smallest absolute Gasteiger partial charge is 0.295 e. The van der Waals surface area contributed by atoms with Crippen molar-refractivity contribution in [1.29, 1.82) is 0 Å². The summed E-state index contributed by atoms with van der Waals surface area (Å²) < 4.78 is 11.6. The van der Waals surface area contributed by atoms with Crippen molar-refractivity contribution in [2.75, 3.05) is 19.8 Å². The largest absolute Gasteiger partial charge is 0.507 e. The predicted octanol–water partition coefficient (Wildman–Crippen LogP) is 6.22. The number of carbonyl (C=O) groups is 2. The number of ketones is 1. The van der Waals surface area contributed by atoms with Crippen molar-refractivity contribution in [3.8, 4) is 11.5 Å². The number of aliphatic hydroxyl groups is 1. The molecular weight excluding hydrogens is 442 g/mol. The molecule has 1 atom stereocenters. The molecule has 1 aliphatic rings. The minimum atomic E-state index is -0.680. The molecule has 1 saturated heterocycles. The molecule has 1 fully saturated rings. The van der Waals surface area contributed by atoms with Gasteiger partial charge in [0, 0.05) is 12.1 Å². The number of Topliss-reactive ketones (excluding diaryl/α,β-unsaturated/α-hetero) is 1. The molecular formula is C29H37NO5. The highest BCUT2D eigenvalue weighted by molar-refractivity contribution is 6.46. The maximum Gasteiger partial charge on any atom is 0.295 e. The number of hydrogen-bond acceptors (Lipinski definition) is 5. The molecule has 35 heavy (non-hydrogen) atoms. The number of amides is 1. The minimum Gasteiger partial charge on any atom is -0.507 e. The topological polar surface area (TPSA) is 76.1 Å². The summed E-state index contributed by atoms with van der Waals surface area (Å²) >= 11 is 0. The van der Waals surface area contributed by atoms with Crippen LogP contribution < -0.4 is 9.47 Å². The highest BCUT2D eigenvalue weighted by atomic mass is 16.5. The zero-order valence-corrected chi connectivity index (χ0v) is 21.5. The summed E-state index contributed by atoms with van der Waals surface area (Å²) in [5, 5.41) is 11.4. The van der Waals surface area contributed by atoms with E-state index in [0.717, 1.165) is 36.1 Å². The van der Waals surface area contributed by atoms with Crippen molar-refractivity contribution in [2.45, 2.75) is 65.8 Å². The molecule has 1 N–H and O–H groups in total. The molecule has 0 radical (unpaired) electrons. The van der Waals surface area contributed by atoms with Gasteiger partial charge in [-0.05, 0) is 67.1 Å². The molecule has 1 unspecified atom stereocenters. The third kappa shape index (κ3) is 5.69. The van der Waals surface area contributed by atoms with Gasteiger partial charge in [0.15, 0.2) is 0 Å². The third-order valence-electron chi connectivity index (χ3n) is 6.14. The summed E-state index contributed by atoms with van der Waals surface area (Å²) in [5.41, 5.74) is 2.28. The molecule has 2 aromatic carbocycles. The maximum absolute atomic E-state index is 13.3. The predicted molar refractivity (Wildman–Crippen MR) is 138 cm³/mol. The zero-order valence-electron chi connectivity index (χ0n) is 21.5. The van der Waals surface area contributed by atoms with Crippen molar-refractivity contribution < 1.29 is 24.2 Å². The summed E-state index contributed by atoms with van der Waals surface area (Å²) in [7, 11) is 0. The lowest BCUT2D eigenvalue weighted by atomic mass is 9.93. The van der Waals surface area contributed by atoms with Crippen molar-refractivity contribution >= 4 is 17.4 Å². The van der Waals surface area contributed by atoms with Gasteiger partial charge in [-0.1, -0.05) is 46.2 Å². The Labute approximate surface area is 208 Å². The van der Waals surface area contributed by atoms with E-state index in [2.05, 4.69) is 0 Å². The quantitative estimate of drug-likeness (QED) is 0.235. The van der Waals surface area contributed by atoms with E-state index in [1.54, 1.807) is 11.0 Å². The van der Waals surface area contributed by atoms with Crippen LogP contribution in [0.5, 0.6) is 11.5 Å². The number of benzene rings is 2. The first kappa shape index (κ1) is 26.3. The molecule has 0 spiro atoms. The SMILES string of the molecule is CCCCN1C(=O)C(=O)/C(=C(/O)c2ccc(OCC)c(C(C)C)c2)C1c1cccc(OCCC)c1. The molecule has 2 aromatic rings. The van der Waals surface area contributed by atoms with Crippen molar-refractivity contribution in [1.82, 2.24) is 4.90 Å². The first-order valence-corrected chi connectivity index (χ1v) is 12.6. The van der Waals surface area contributed by atoms with Gasteiger partial charge in [-0.15, -0.1) is 0 Å². The van der Waals surface area contributed by atoms with E-state index in [4.69, 9.17) is 9.47 Å². The molecule has 188 valence electrons. The van der Waals surface area contributed by atoms with Crippen LogP contribution in [0.1, 0.15) is 82.5 Å². The Kier molecular flexibility index (Phi) is 8.96. The first-order chi connectivity index (χ1) is 16.8. The minimum absolute atomic E-state index is 0.109. The van der Waals surface area contributed by atoms with E-state index in [1.807, 2.05) is 71.0 Å². The van der Waals surface area contributed by atoms with Gasteiger partial charge in [-0.25, -0.2) is 0 Å². The fourth-order valence-corrected chi connectivity index (χ4v) is 4.37. The Bertz CT molecular complexity index is 1090. The van der Waals surface area contributed by atoms with E-state index in [9.17, 15) is 14.7 Å². The summed E-state index contributed by atoms with van der Waals surface area (Å²) in [5.74, 6) is 0.161. The lowest BCUT2D eigenvalue weighted by Gasteiger charge is -2.25. The number of carbonyl (C=O) groups excluding carboxylic acids is 2. The van der Waals surface area contributed by atoms with Crippen molar-refractivity contribution in [2.24, 2.45) is 0 Å². The average Bonchev–Trinajstić information content (AvgIpc) is 3.11. The number of aliphatic hydroxyl groups excluding tert-OH is 1. The molecule has 1 amide bonds. The van der Waals surface area contributed by atoms with Crippen molar-refractivity contribution in [3.63, 3.8) is 0 Å². The Hall–Kier alpha value is -3.28. The Morgan fingerprint density at radius 2 is 1.80 bits per heavy atom. The van der Waals surface area contributed by atoms with Crippen molar-refractivity contribution in [3.05, 3.63) is 64.7 Å². The number of unbranched alkanes of at least 4 members (excludes halogenated alkanes) is 1. The monoisotopic (exact) mass is 479 g/mol. The van der Waals surface area contributed by atoms with Crippen LogP contribution in [0.2, 0.25) is 0 Å². The zero-order chi connectivity index (χ0) is 25.5. The Morgan fingerprint density at radius 3 is 2.46 bits per heavy atom. The molecule has 0 aromatic heterocycles. The second-order valence-electron chi connectivity index (χ2n) is 9.11. The second-order valence-corrected chi connectivity index (χ2v) is 9.11. The van der Waals surface area contributed by atoms with E-state index < -0.39 is 17.7 Å². The van der Waals surface area contributed by atoms with Gasteiger partial charge >= 0.3 is 0 Å². The highest BCUT2D eigenvalue weighted by Crippen LogP contribution is 2.41. The molecule has 6 heteroatoms. The standard InChI is InChI=1S/C29H37NO5/c1-6-9-15-30-26(20-11-10-12-22(17-20)35-16-7-2)25(28(32)29(30)33)27(31)21-13-14-24(34-8-3)23(18-21)19(4)5/h10-14,17-19,26,31H,6-9,15-16H2,1-5H3/b27-25+. The van der Waals surface area contributed by atoms with Crippen LogP contribution in [0.15, 0.2) is 48.0 Å². The number of likely N-dealkylation sites (tertiary alicyclic amines) is 1. The van der Waals surface area contributed by atoms with Crippen LogP contribution in [0.4, 0.5) is 0 Å². The molecule has 6 nitrogen and oxygen atoms in total. The Morgan fingerprint density at radius 1 is 1.03 bits per heavy atom. The maximum atomic E-state index is 13.3. The van der Waals surface area contributed by atoms with Crippen LogP contribution in [-0.4, -0.2) is 41.5 Å². The molecule has 0 bridgehead atoms. The van der Waals surface area contributed by atoms with Crippen LogP contribution in [0.3, 0.4) is 0 Å². The van der Waals surface area contributed by atoms with Gasteiger partial charge in [0.05, 0.1) is 24.8 Å². The van der Waals surface area contributed by atoms with Crippen LogP contribution in [0, 0.1) is 0 Å². The second kappa shape index (κ2) is 11.9. The third-order valence-corrected chi connectivity index (χ3v) is 6.14. The Balaban J connectivity index is 2.16. The van der Waals surface area contributed by atoms with Crippen LogP contribution in [0.25, 0.3) is 5.76 Å². The van der Waals surface area contributed by atoms with Crippen LogP contribution in [-0.2, 0) is 9.59 Å². The van der Waals surface area contributed by atoms with E-state index in [1.165, 1.54) is 0 Å². The van der Waals surface area contributed by atoms with E-state index in [0.29, 0.717) is 31.1 Å². The average molecular weight is 480 g/mol. The lowest BCUT2D eigenvalue weighted by molar-refractivity contribution is -0.139. The molecule has 1 heterocycles. The first-order valence-electron chi connectivity index (χ1n) is 12.6. The molecule has 1 aliphatic heterocycles. The summed E-state index contributed by atoms with van der Waals surface area (Å²) in [6, 6.07) is 12.2. The number of rotatable bonds is 11. The normalized spacial score (nSPS) is 17.3. The van der Waals surface area contributed by atoms with Gasteiger partial charge in [0.2, 0.25) is 0 Å². The van der Waals surface area contributed by atoms with Gasteiger partial charge in [0.1, 0.15) is 17.3 Å². The van der Waals surface area contributed by atoms with Gasteiger partial charge in [-0.3, -0.25) is 9.59 Å². The number of nitrogens with zero attached hydrogens (tertiary/aromatic N) is 1. The van der Waals surface area contributed by atoms with Gasteiger partial charge in [0.25, 0.3) is 11.7 Å². The highest BCUT2D eigenvalue weighted by Gasteiger charge is 2.45. The number of ether oxygens (including phenoxy) is 2.